The van der Waals surface area contributed by atoms with Gasteiger partial charge < -0.3 is 57.3 Å². The number of carboxylic acid groups (broad SMARTS) is 1. The second kappa shape index (κ2) is 24.6. The Labute approximate surface area is 376 Å². The lowest BCUT2D eigenvalue weighted by Gasteiger charge is -2.30. The number of phenolic OH excluding ortho intramolecular Hbond substituents is 2. The second-order valence-corrected chi connectivity index (χ2v) is 16.2. The van der Waals surface area contributed by atoms with Gasteiger partial charge in [-0.15, -0.1) is 0 Å². The van der Waals surface area contributed by atoms with Crippen LogP contribution in [-0.4, -0.2) is 111 Å². The summed E-state index contributed by atoms with van der Waals surface area (Å²) in [6, 6.07) is 2.91. The third kappa shape index (κ3) is 16.8. The Balaban J connectivity index is 2.09. The van der Waals surface area contributed by atoms with E-state index in [1.165, 1.54) is 69.3 Å². The van der Waals surface area contributed by atoms with Crippen LogP contribution in [0.5, 0.6) is 11.5 Å². The molecule has 10 N–H and O–H groups in total. The summed E-state index contributed by atoms with van der Waals surface area (Å²) in [6.07, 6.45) is -0.245. The maximum absolute atomic E-state index is 14.4. The van der Waals surface area contributed by atoms with Crippen molar-refractivity contribution in [2.24, 2.45) is 5.92 Å². The summed E-state index contributed by atoms with van der Waals surface area (Å²) in [5, 5.41) is 46.6. The van der Waals surface area contributed by atoms with Crippen LogP contribution in [0.3, 0.4) is 0 Å². The first-order valence-corrected chi connectivity index (χ1v) is 21.0. The van der Waals surface area contributed by atoms with Crippen molar-refractivity contribution in [1.29, 1.82) is 0 Å². The number of aliphatic carboxylic acids is 1. The van der Waals surface area contributed by atoms with Gasteiger partial charge in [-0.25, -0.2) is 4.79 Å². The molecule has 0 aliphatic carbocycles. The van der Waals surface area contributed by atoms with Crippen molar-refractivity contribution < 1.29 is 63.2 Å². The van der Waals surface area contributed by atoms with Gasteiger partial charge in [0, 0.05) is 18.9 Å². The SMILES string of the molecule is C/C=C1\NC(=O)[C@H](C)NC(=O)C(NC(=O)[C@H](Cc2ccc(O)cc2)NC(=O)[C@@H](NC(=O)C=C(C)C)C(C)C)[C@@H](C)OC(=O)C(CCc2ccc(O)cc2)NC(=O)C(CCC(=O)O)NC1=O. The number of cyclic esters (lactones) is 1. The molecule has 1 aliphatic rings. The minimum Gasteiger partial charge on any atom is -0.508 e. The predicted molar refractivity (Wildman–Crippen MR) is 234 cm³/mol. The fourth-order valence-electron chi connectivity index (χ4n) is 6.45. The standard InChI is InChI=1S/C45H59N7O13/c1-8-31-40(59)48-32(19-20-36(56)57)41(60)49-33(18-13-27-9-14-29(53)15-10-27)45(64)65-26(7)38(44(63)46-25(6)39(58)47-31)52-42(61)34(22-28-11-16-30(54)17-12-28)50-43(62)37(24(4)5)51-35(55)21-23(2)3/h8-12,14-17,21,24-26,32-34,37-38,53-54H,13,18-20,22H2,1-7H3,(H,46,63)(H,47,58)(H,48,59)(H,49,60)(H,50,62)(H,51,55)(H,52,61)(H,56,57)/b31-8-/t25-,26+,32?,33?,34-,37-,38?/m0/s1. The highest BCUT2D eigenvalue weighted by atomic mass is 16.5. The summed E-state index contributed by atoms with van der Waals surface area (Å²) in [4.78, 5) is 121. The number of hydrogen-bond acceptors (Lipinski definition) is 12. The molecule has 0 saturated carbocycles. The second-order valence-electron chi connectivity index (χ2n) is 16.2. The average Bonchev–Trinajstić information content (AvgIpc) is 3.23. The maximum Gasteiger partial charge on any atom is 0.329 e. The topological polar surface area (TPSA) is 308 Å². The van der Waals surface area contributed by atoms with E-state index in [4.69, 9.17) is 4.74 Å². The molecule has 3 rings (SSSR count). The zero-order chi connectivity index (χ0) is 48.5. The summed E-state index contributed by atoms with van der Waals surface area (Å²) < 4.78 is 5.76. The molecule has 3 unspecified atom stereocenters. The van der Waals surface area contributed by atoms with Crippen LogP contribution in [0.15, 0.2) is 72.0 Å². The summed E-state index contributed by atoms with van der Waals surface area (Å²) in [6.45, 7) is 10.7. The monoisotopic (exact) mass is 905 g/mol. The van der Waals surface area contributed by atoms with E-state index >= 15 is 0 Å². The van der Waals surface area contributed by atoms with E-state index in [-0.39, 0.29) is 36.5 Å². The van der Waals surface area contributed by atoms with E-state index in [1.807, 2.05) is 0 Å². The van der Waals surface area contributed by atoms with E-state index in [2.05, 4.69) is 37.2 Å². The normalized spacial score (nSPS) is 21.3. The van der Waals surface area contributed by atoms with Gasteiger partial charge in [0.15, 0.2) is 0 Å². The molecule has 1 fully saturated rings. The van der Waals surface area contributed by atoms with Gasteiger partial charge in [0.25, 0.3) is 5.91 Å². The molecule has 65 heavy (non-hydrogen) atoms. The Morgan fingerprint density at radius 2 is 1.37 bits per heavy atom. The Kier molecular flexibility index (Phi) is 19.7. The highest BCUT2D eigenvalue weighted by Crippen LogP contribution is 2.16. The zero-order valence-electron chi connectivity index (χ0n) is 37.4. The molecule has 7 atom stereocenters. The number of carbonyl (C=O) groups excluding carboxylic acids is 8. The van der Waals surface area contributed by atoms with E-state index in [1.54, 1.807) is 39.8 Å². The molecular formula is C45H59N7O13. The van der Waals surface area contributed by atoms with Crippen LogP contribution in [0.1, 0.15) is 78.9 Å². The number of ether oxygens (including phenoxy) is 1. The molecule has 0 bridgehead atoms. The Morgan fingerprint density at radius 1 is 0.769 bits per heavy atom. The molecule has 0 spiro atoms. The van der Waals surface area contributed by atoms with Crippen LogP contribution in [-0.2, 0) is 60.7 Å². The molecule has 0 aromatic heterocycles. The number of benzene rings is 2. The smallest absolute Gasteiger partial charge is 0.329 e. The molecule has 1 heterocycles. The largest absolute Gasteiger partial charge is 0.508 e. The van der Waals surface area contributed by atoms with Gasteiger partial charge in [0.2, 0.25) is 35.4 Å². The van der Waals surface area contributed by atoms with Crippen LogP contribution < -0.4 is 37.2 Å². The number of phenols is 2. The number of aromatic hydroxyl groups is 2. The van der Waals surface area contributed by atoms with Crippen molar-refractivity contribution in [3.05, 3.63) is 83.1 Å². The highest BCUT2D eigenvalue weighted by Gasteiger charge is 2.38. The first-order valence-electron chi connectivity index (χ1n) is 21.0. The number of allylic oxidation sites excluding steroid dienone is 2. The van der Waals surface area contributed by atoms with Crippen molar-refractivity contribution in [2.75, 3.05) is 0 Å². The van der Waals surface area contributed by atoms with Crippen molar-refractivity contribution in [3.63, 3.8) is 0 Å². The van der Waals surface area contributed by atoms with Gasteiger partial charge in [-0.2, -0.15) is 0 Å². The van der Waals surface area contributed by atoms with E-state index in [9.17, 15) is 58.5 Å². The van der Waals surface area contributed by atoms with E-state index in [0.29, 0.717) is 16.7 Å². The third-order valence-corrected chi connectivity index (χ3v) is 10.1. The minimum atomic E-state index is -1.78. The summed E-state index contributed by atoms with van der Waals surface area (Å²) in [7, 11) is 0. The Bertz CT molecular complexity index is 2130. The van der Waals surface area contributed by atoms with E-state index in [0.717, 1.165) is 0 Å². The number of hydrogen-bond donors (Lipinski definition) is 10. The lowest BCUT2D eigenvalue weighted by molar-refractivity contribution is -0.156. The van der Waals surface area contributed by atoms with Crippen LogP contribution >= 0.6 is 0 Å². The van der Waals surface area contributed by atoms with Crippen LogP contribution in [0.2, 0.25) is 0 Å². The van der Waals surface area contributed by atoms with E-state index < -0.39 is 114 Å². The first kappa shape index (κ1) is 52.1. The minimum absolute atomic E-state index is 0.0229. The van der Waals surface area contributed by atoms with Crippen LogP contribution in [0, 0.1) is 5.92 Å². The fourth-order valence-corrected chi connectivity index (χ4v) is 6.45. The van der Waals surface area contributed by atoms with Crippen molar-refractivity contribution in [2.45, 2.75) is 123 Å². The molecule has 0 radical (unpaired) electrons. The summed E-state index contributed by atoms with van der Waals surface area (Å²) >= 11 is 0. The number of rotatable bonds is 15. The lowest BCUT2D eigenvalue weighted by Crippen LogP contribution is -2.62. The van der Waals surface area contributed by atoms with Gasteiger partial charge in [-0.05, 0) is 95.2 Å². The van der Waals surface area contributed by atoms with Gasteiger partial charge >= 0.3 is 11.9 Å². The molecule has 352 valence electrons. The molecular weight excluding hydrogens is 847 g/mol. The fraction of sp³-hybridized carbons (Fsp3) is 0.444. The number of aryl methyl sites for hydroxylation is 1. The van der Waals surface area contributed by atoms with Crippen LogP contribution in [0.25, 0.3) is 0 Å². The number of carbonyl (C=O) groups is 9. The zero-order valence-corrected chi connectivity index (χ0v) is 37.4. The lowest BCUT2D eigenvalue weighted by atomic mass is 10.00. The predicted octanol–water partition coefficient (Wildman–Crippen LogP) is 0.654. The van der Waals surface area contributed by atoms with Crippen LogP contribution in [0.4, 0.5) is 0 Å². The van der Waals surface area contributed by atoms with Gasteiger partial charge in [-0.3, -0.25) is 38.4 Å². The Morgan fingerprint density at radius 3 is 1.92 bits per heavy atom. The average molecular weight is 906 g/mol. The Hall–Kier alpha value is -7.25. The van der Waals surface area contributed by atoms with Gasteiger partial charge in [0.05, 0.1) is 0 Å². The van der Waals surface area contributed by atoms with Crippen molar-refractivity contribution in [1.82, 2.24) is 37.2 Å². The molecule has 1 saturated heterocycles. The van der Waals surface area contributed by atoms with Crippen molar-refractivity contribution in [3.8, 4) is 11.5 Å². The number of esters is 1. The molecule has 20 heteroatoms. The van der Waals surface area contributed by atoms with Crippen molar-refractivity contribution >= 4 is 53.3 Å². The number of amides is 7. The van der Waals surface area contributed by atoms with Gasteiger partial charge in [0.1, 0.15) is 59.6 Å². The quantitative estimate of drug-likeness (QED) is 0.0869. The highest BCUT2D eigenvalue weighted by molar-refractivity contribution is 6.02. The maximum atomic E-state index is 14.4. The first-order chi connectivity index (χ1) is 30.6. The molecule has 7 amide bonds. The molecule has 2 aromatic carbocycles. The molecule has 20 nitrogen and oxygen atoms in total. The van der Waals surface area contributed by atoms with Gasteiger partial charge in [-0.1, -0.05) is 49.8 Å². The summed E-state index contributed by atoms with van der Waals surface area (Å²) in [5.74, 6) is -9.15. The number of nitrogens with one attached hydrogen (secondary N) is 7. The molecule has 1 aliphatic heterocycles. The number of carboxylic acids is 1. The third-order valence-electron chi connectivity index (χ3n) is 10.1. The summed E-state index contributed by atoms with van der Waals surface area (Å²) in [5.41, 5.74) is 1.40. The molecule has 2 aromatic rings.